The standard InChI is InChI=1S/C24H28N2O5S/c1-2-3-4-22(27)31-13-11-18-5-8-19(25-16-18)12-14-30-20-9-6-17(7-10-20)15-21-23(28)26-24(29)32-21/h5-10,16,21H,2-4,11-15H2,1H3,(H,26,28,29). The number of thioether (sulfide) groups is 1. The molecular formula is C24H28N2O5S. The second-order valence-corrected chi connectivity index (χ2v) is 8.74. The number of esters is 1. The van der Waals surface area contributed by atoms with Crippen LogP contribution in [-0.2, 0) is 33.6 Å². The van der Waals surface area contributed by atoms with Crippen LogP contribution in [0.4, 0.5) is 4.79 Å². The van der Waals surface area contributed by atoms with Gasteiger partial charge in [-0.25, -0.2) is 0 Å². The van der Waals surface area contributed by atoms with Crippen molar-refractivity contribution in [2.75, 3.05) is 13.2 Å². The number of unbranched alkanes of at least 4 members (excludes halogenated alkanes) is 1. The highest BCUT2D eigenvalue weighted by atomic mass is 32.2. The van der Waals surface area contributed by atoms with Crippen molar-refractivity contribution in [3.63, 3.8) is 0 Å². The van der Waals surface area contributed by atoms with Crippen LogP contribution in [0.3, 0.4) is 0 Å². The molecule has 8 heteroatoms. The van der Waals surface area contributed by atoms with E-state index in [2.05, 4.69) is 10.3 Å². The molecule has 1 unspecified atom stereocenters. The summed E-state index contributed by atoms with van der Waals surface area (Å²) in [5.74, 6) is 0.376. The van der Waals surface area contributed by atoms with Gasteiger partial charge in [-0.05, 0) is 42.2 Å². The fourth-order valence-corrected chi connectivity index (χ4v) is 4.02. The molecule has 1 fully saturated rings. The number of hydrogen-bond acceptors (Lipinski definition) is 7. The average Bonchev–Trinajstić information content (AvgIpc) is 3.11. The van der Waals surface area contributed by atoms with Gasteiger partial charge < -0.3 is 9.47 Å². The molecule has 3 rings (SSSR count). The zero-order valence-electron chi connectivity index (χ0n) is 18.2. The molecule has 1 aromatic carbocycles. The van der Waals surface area contributed by atoms with E-state index in [0.29, 0.717) is 38.9 Å². The Morgan fingerprint density at radius 2 is 1.84 bits per heavy atom. The third-order valence-electron chi connectivity index (χ3n) is 5.01. The van der Waals surface area contributed by atoms with Gasteiger partial charge in [0.15, 0.2) is 0 Å². The molecule has 1 atom stereocenters. The minimum absolute atomic E-state index is 0.139. The summed E-state index contributed by atoms with van der Waals surface area (Å²) in [4.78, 5) is 38.9. The number of carbonyl (C=O) groups is 3. The highest BCUT2D eigenvalue weighted by Gasteiger charge is 2.31. The number of aromatic nitrogens is 1. The summed E-state index contributed by atoms with van der Waals surface area (Å²) in [5.41, 5.74) is 2.94. The smallest absolute Gasteiger partial charge is 0.305 e. The number of amides is 2. The first-order valence-corrected chi connectivity index (χ1v) is 11.7. The molecule has 2 amide bonds. The lowest BCUT2D eigenvalue weighted by molar-refractivity contribution is -0.143. The number of imide groups is 1. The lowest BCUT2D eigenvalue weighted by atomic mass is 10.1. The topological polar surface area (TPSA) is 94.6 Å². The van der Waals surface area contributed by atoms with Crippen LogP contribution in [0, 0.1) is 0 Å². The van der Waals surface area contributed by atoms with E-state index < -0.39 is 0 Å². The quantitative estimate of drug-likeness (QED) is 0.485. The van der Waals surface area contributed by atoms with Gasteiger partial charge in [-0.1, -0.05) is 43.3 Å². The third-order valence-corrected chi connectivity index (χ3v) is 5.99. The minimum Gasteiger partial charge on any atom is -0.493 e. The molecule has 1 aliphatic rings. The Balaban J connectivity index is 1.35. The number of hydrogen-bond donors (Lipinski definition) is 1. The molecule has 1 aromatic heterocycles. The molecule has 32 heavy (non-hydrogen) atoms. The van der Waals surface area contributed by atoms with Gasteiger partial charge in [-0.3, -0.25) is 24.7 Å². The van der Waals surface area contributed by atoms with Crippen LogP contribution in [0.1, 0.15) is 43.0 Å². The van der Waals surface area contributed by atoms with Gasteiger partial charge in [-0.2, -0.15) is 0 Å². The van der Waals surface area contributed by atoms with Crippen LogP contribution in [0.2, 0.25) is 0 Å². The maximum atomic E-state index is 11.7. The number of benzene rings is 1. The van der Waals surface area contributed by atoms with Crippen LogP contribution in [0.15, 0.2) is 42.6 Å². The second-order valence-electron chi connectivity index (χ2n) is 7.56. The van der Waals surface area contributed by atoms with E-state index in [1.165, 1.54) is 0 Å². The van der Waals surface area contributed by atoms with Gasteiger partial charge in [0.1, 0.15) is 5.75 Å². The number of rotatable bonds is 12. The lowest BCUT2D eigenvalue weighted by Crippen LogP contribution is -2.25. The fraction of sp³-hybridized carbons (Fsp3) is 0.417. The molecule has 1 aliphatic heterocycles. The van der Waals surface area contributed by atoms with Crippen molar-refractivity contribution >= 4 is 28.9 Å². The molecule has 0 bridgehead atoms. The Morgan fingerprint density at radius 1 is 1.06 bits per heavy atom. The predicted octanol–water partition coefficient (Wildman–Crippen LogP) is 3.87. The minimum atomic E-state index is -0.364. The fourth-order valence-electron chi connectivity index (χ4n) is 3.16. The van der Waals surface area contributed by atoms with Crippen LogP contribution in [-0.4, -0.2) is 40.6 Å². The van der Waals surface area contributed by atoms with Crippen molar-refractivity contribution in [1.29, 1.82) is 0 Å². The summed E-state index contributed by atoms with van der Waals surface area (Å²) in [6.45, 7) is 2.92. The largest absolute Gasteiger partial charge is 0.493 e. The highest BCUT2D eigenvalue weighted by Crippen LogP contribution is 2.24. The molecule has 0 spiro atoms. The van der Waals surface area contributed by atoms with Crippen LogP contribution in [0.25, 0.3) is 0 Å². The van der Waals surface area contributed by atoms with Crippen molar-refractivity contribution in [2.24, 2.45) is 0 Å². The summed E-state index contributed by atoms with van der Waals surface area (Å²) in [5, 5.41) is 1.65. The lowest BCUT2D eigenvalue weighted by Gasteiger charge is -2.09. The second kappa shape index (κ2) is 12.2. The number of pyridine rings is 1. The normalized spacial score (nSPS) is 15.5. The van der Waals surface area contributed by atoms with Gasteiger partial charge in [-0.15, -0.1) is 0 Å². The molecule has 0 saturated carbocycles. The van der Waals surface area contributed by atoms with Crippen molar-refractivity contribution in [2.45, 2.75) is 50.7 Å². The van der Waals surface area contributed by atoms with Crippen LogP contribution < -0.4 is 10.1 Å². The molecule has 170 valence electrons. The molecule has 7 nitrogen and oxygen atoms in total. The van der Waals surface area contributed by atoms with E-state index in [1.807, 2.05) is 49.5 Å². The van der Waals surface area contributed by atoms with Crippen molar-refractivity contribution < 1.29 is 23.9 Å². The monoisotopic (exact) mass is 456 g/mol. The van der Waals surface area contributed by atoms with E-state index >= 15 is 0 Å². The van der Waals surface area contributed by atoms with Gasteiger partial charge >= 0.3 is 5.97 Å². The maximum absolute atomic E-state index is 11.7. The SMILES string of the molecule is CCCCC(=O)OCCc1ccc(CCOc2ccc(CC3SC(=O)NC3=O)cc2)nc1. The Morgan fingerprint density at radius 3 is 2.50 bits per heavy atom. The van der Waals surface area contributed by atoms with Gasteiger partial charge in [0.2, 0.25) is 5.91 Å². The van der Waals surface area contributed by atoms with Gasteiger partial charge in [0.25, 0.3) is 5.24 Å². The van der Waals surface area contributed by atoms with E-state index in [4.69, 9.17) is 9.47 Å². The number of nitrogens with one attached hydrogen (secondary N) is 1. The summed E-state index contributed by atoms with van der Waals surface area (Å²) in [6, 6.07) is 11.5. The summed E-state index contributed by atoms with van der Waals surface area (Å²) in [6.07, 6.45) is 5.98. The zero-order valence-corrected chi connectivity index (χ0v) is 19.0. The predicted molar refractivity (Wildman–Crippen MR) is 123 cm³/mol. The van der Waals surface area contributed by atoms with Crippen molar-refractivity contribution in [3.05, 3.63) is 59.4 Å². The molecule has 0 aliphatic carbocycles. The first-order chi connectivity index (χ1) is 15.5. The maximum Gasteiger partial charge on any atom is 0.305 e. The van der Waals surface area contributed by atoms with E-state index in [1.54, 1.807) is 0 Å². The number of nitrogens with zero attached hydrogens (tertiary/aromatic N) is 1. The molecule has 2 heterocycles. The number of ether oxygens (including phenoxy) is 2. The number of carbonyl (C=O) groups excluding carboxylic acids is 3. The van der Waals surface area contributed by atoms with Crippen molar-refractivity contribution in [3.8, 4) is 5.75 Å². The van der Waals surface area contributed by atoms with Crippen LogP contribution >= 0.6 is 11.8 Å². The third kappa shape index (κ3) is 7.67. The Labute approximate surface area is 192 Å². The molecular weight excluding hydrogens is 428 g/mol. The first kappa shape index (κ1) is 23.8. The van der Waals surface area contributed by atoms with E-state index in [9.17, 15) is 14.4 Å². The molecule has 0 radical (unpaired) electrons. The van der Waals surface area contributed by atoms with E-state index in [-0.39, 0.29) is 22.4 Å². The first-order valence-electron chi connectivity index (χ1n) is 10.9. The molecule has 1 N–H and O–H groups in total. The Bertz CT molecular complexity index is 915. The van der Waals surface area contributed by atoms with Gasteiger partial charge in [0.05, 0.1) is 18.5 Å². The Hall–Kier alpha value is -2.87. The Kier molecular flexibility index (Phi) is 9.10. The highest BCUT2D eigenvalue weighted by molar-refractivity contribution is 8.15. The van der Waals surface area contributed by atoms with Crippen LogP contribution in [0.5, 0.6) is 5.75 Å². The van der Waals surface area contributed by atoms with Crippen molar-refractivity contribution in [1.82, 2.24) is 10.3 Å². The summed E-state index contributed by atoms with van der Waals surface area (Å²) in [7, 11) is 0. The summed E-state index contributed by atoms with van der Waals surface area (Å²) >= 11 is 1.03. The average molecular weight is 457 g/mol. The van der Waals surface area contributed by atoms with E-state index in [0.717, 1.165) is 47.2 Å². The zero-order chi connectivity index (χ0) is 22.8. The summed E-state index contributed by atoms with van der Waals surface area (Å²) < 4.78 is 11.0. The van der Waals surface area contributed by atoms with Gasteiger partial charge in [0, 0.05) is 31.2 Å². The molecule has 2 aromatic rings. The molecule has 1 saturated heterocycles.